The summed E-state index contributed by atoms with van der Waals surface area (Å²) in [5.74, 6) is 1.14. The van der Waals surface area contributed by atoms with Crippen molar-refractivity contribution in [3.8, 4) is 0 Å². The molecule has 2 N–H and O–H groups in total. The Morgan fingerprint density at radius 1 is 1.33 bits per heavy atom. The maximum absolute atomic E-state index is 11.8. The number of carbonyl (C=O) groups is 1. The molecule has 1 amide bonds. The standard InChI is InChI=1S/C12H24N2O/c1-3-13-8-5-9-14-12(15)11-7-4-6-10(11)2/h10-11,13H,3-9H2,1-2H3,(H,14,15). The second-order valence-electron chi connectivity index (χ2n) is 4.51. The zero-order chi connectivity index (χ0) is 11.1. The molecule has 1 saturated carbocycles. The Hall–Kier alpha value is -0.570. The van der Waals surface area contributed by atoms with Gasteiger partial charge in [-0.25, -0.2) is 0 Å². The van der Waals surface area contributed by atoms with Crippen LogP contribution in [0.25, 0.3) is 0 Å². The number of amides is 1. The monoisotopic (exact) mass is 212 g/mol. The van der Waals surface area contributed by atoms with E-state index in [4.69, 9.17) is 0 Å². The molecule has 1 aliphatic carbocycles. The number of nitrogens with one attached hydrogen (secondary N) is 2. The Balaban J connectivity index is 2.08. The van der Waals surface area contributed by atoms with Gasteiger partial charge < -0.3 is 10.6 Å². The fourth-order valence-corrected chi connectivity index (χ4v) is 2.27. The van der Waals surface area contributed by atoms with E-state index in [-0.39, 0.29) is 11.8 Å². The van der Waals surface area contributed by atoms with E-state index in [1.807, 2.05) is 0 Å². The predicted molar refractivity (Wildman–Crippen MR) is 62.7 cm³/mol. The molecule has 0 aromatic rings. The molecule has 0 saturated heterocycles. The molecule has 88 valence electrons. The highest BCUT2D eigenvalue weighted by Gasteiger charge is 2.29. The SMILES string of the molecule is CCNCCCNC(=O)C1CCCC1C. The molecule has 1 aliphatic rings. The first-order valence-corrected chi connectivity index (χ1v) is 6.24. The Labute approximate surface area is 93.0 Å². The minimum atomic E-state index is 0.275. The van der Waals surface area contributed by atoms with Crippen molar-refractivity contribution in [1.82, 2.24) is 10.6 Å². The molecule has 3 heteroatoms. The van der Waals surface area contributed by atoms with E-state index in [0.717, 1.165) is 32.5 Å². The topological polar surface area (TPSA) is 41.1 Å². The molecular formula is C12H24N2O. The first kappa shape index (κ1) is 12.5. The van der Waals surface area contributed by atoms with E-state index >= 15 is 0 Å². The predicted octanol–water partition coefficient (Wildman–Crippen LogP) is 1.54. The molecule has 1 rings (SSSR count). The molecule has 2 atom stereocenters. The van der Waals surface area contributed by atoms with Gasteiger partial charge in [-0.15, -0.1) is 0 Å². The summed E-state index contributed by atoms with van der Waals surface area (Å²) in [7, 11) is 0. The van der Waals surface area contributed by atoms with Gasteiger partial charge in [-0.05, 0) is 38.3 Å². The van der Waals surface area contributed by atoms with Crippen molar-refractivity contribution >= 4 is 5.91 Å². The molecule has 2 unspecified atom stereocenters. The lowest BCUT2D eigenvalue weighted by molar-refractivity contribution is -0.125. The van der Waals surface area contributed by atoms with Crippen molar-refractivity contribution in [1.29, 1.82) is 0 Å². The molecule has 0 aromatic heterocycles. The number of hydrogen-bond acceptors (Lipinski definition) is 2. The van der Waals surface area contributed by atoms with Gasteiger partial charge >= 0.3 is 0 Å². The molecule has 0 aromatic carbocycles. The Morgan fingerprint density at radius 2 is 2.13 bits per heavy atom. The van der Waals surface area contributed by atoms with Gasteiger partial charge in [-0.3, -0.25) is 4.79 Å². The fraction of sp³-hybridized carbons (Fsp3) is 0.917. The highest BCUT2D eigenvalue weighted by atomic mass is 16.1. The Bertz CT molecular complexity index is 194. The minimum Gasteiger partial charge on any atom is -0.356 e. The third-order valence-electron chi connectivity index (χ3n) is 3.28. The zero-order valence-corrected chi connectivity index (χ0v) is 10.0. The molecule has 0 bridgehead atoms. The van der Waals surface area contributed by atoms with E-state index in [0.29, 0.717) is 5.92 Å². The lowest BCUT2D eigenvalue weighted by Crippen LogP contribution is -2.33. The average Bonchev–Trinajstić information content (AvgIpc) is 2.64. The molecule has 0 spiro atoms. The van der Waals surface area contributed by atoms with Crippen LogP contribution in [-0.2, 0) is 4.79 Å². The van der Waals surface area contributed by atoms with Gasteiger partial charge in [0.1, 0.15) is 0 Å². The molecule has 0 radical (unpaired) electrons. The quantitative estimate of drug-likeness (QED) is 0.656. The first-order valence-electron chi connectivity index (χ1n) is 6.24. The lowest BCUT2D eigenvalue weighted by Gasteiger charge is -2.14. The summed E-state index contributed by atoms with van der Waals surface area (Å²) in [4.78, 5) is 11.8. The largest absolute Gasteiger partial charge is 0.356 e. The van der Waals surface area contributed by atoms with E-state index in [1.54, 1.807) is 0 Å². The van der Waals surface area contributed by atoms with E-state index in [2.05, 4.69) is 24.5 Å². The van der Waals surface area contributed by atoms with Gasteiger partial charge in [-0.1, -0.05) is 20.3 Å². The van der Waals surface area contributed by atoms with Crippen molar-refractivity contribution in [2.45, 2.75) is 39.5 Å². The van der Waals surface area contributed by atoms with Crippen molar-refractivity contribution in [2.24, 2.45) is 11.8 Å². The summed E-state index contributed by atoms with van der Waals surface area (Å²) in [6.45, 7) is 7.11. The van der Waals surface area contributed by atoms with Crippen LogP contribution >= 0.6 is 0 Å². The summed E-state index contributed by atoms with van der Waals surface area (Å²) in [6, 6.07) is 0. The van der Waals surface area contributed by atoms with Crippen LogP contribution in [0.4, 0.5) is 0 Å². The summed E-state index contributed by atoms with van der Waals surface area (Å²) in [5, 5.41) is 6.28. The molecule has 1 fully saturated rings. The van der Waals surface area contributed by atoms with E-state index < -0.39 is 0 Å². The molecular weight excluding hydrogens is 188 g/mol. The molecule has 15 heavy (non-hydrogen) atoms. The highest BCUT2D eigenvalue weighted by Crippen LogP contribution is 2.30. The van der Waals surface area contributed by atoms with Crippen LogP contribution in [0.1, 0.15) is 39.5 Å². The first-order chi connectivity index (χ1) is 7.25. The van der Waals surface area contributed by atoms with Crippen LogP contribution in [0.5, 0.6) is 0 Å². The van der Waals surface area contributed by atoms with Crippen molar-refractivity contribution in [3.05, 3.63) is 0 Å². The molecule has 0 aliphatic heterocycles. The summed E-state index contributed by atoms with van der Waals surface area (Å²) < 4.78 is 0. The zero-order valence-electron chi connectivity index (χ0n) is 10.0. The molecule has 0 heterocycles. The van der Waals surface area contributed by atoms with Gasteiger partial charge in [0.15, 0.2) is 0 Å². The summed E-state index contributed by atoms with van der Waals surface area (Å²) in [6.07, 6.45) is 4.55. The van der Waals surface area contributed by atoms with Crippen molar-refractivity contribution < 1.29 is 4.79 Å². The normalized spacial score (nSPS) is 25.5. The molecule has 3 nitrogen and oxygen atoms in total. The van der Waals surface area contributed by atoms with Gasteiger partial charge in [-0.2, -0.15) is 0 Å². The number of rotatable bonds is 6. The van der Waals surface area contributed by atoms with Crippen molar-refractivity contribution in [2.75, 3.05) is 19.6 Å². The van der Waals surface area contributed by atoms with E-state index in [9.17, 15) is 4.79 Å². The van der Waals surface area contributed by atoms with Gasteiger partial charge in [0.2, 0.25) is 5.91 Å². The van der Waals surface area contributed by atoms with Crippen LogP contribution < -0.4 is 10.6 Å². The van der Waals surface area contributed by atoms with E-state index in [1.165, 1.54) is 12.8 Å². The van der Waals surface area contributed by atoms with Crippen molar-refractivity contribution in [3.63, 3.8) is 0 Å². The second-order valence-corrected chi connectivity index (χ2v) is 4.51. The second kappa shape index (κ2) is 6.83. The fourth-order valence-electron chi connectivity index (χ4n) is 2.27. The third-order valence-corrected chi connectivity index (χ3v) is 3.28. The third kappa shape index (κ3) is 4.20. The van der Waals surface area contributed by atoms with Crippen LogP contribution in [0, 0.1) is 11.8 Å². The summed E-state index contributed by atoms with van der Waals surface area (Å²) in [5.41, 5.74) is 0. The highest BCUT2D eigenvalue weighted by molar-refractivity contribution is 5.79. The van der Waals surface area contributed by atoms with Crippen LogP contribution in [0.15, 0.2) is 0 Å². The van der Waals surface area contributed by atoms with Crippen LogP contribution in [-0.4, -0.2) is 25.5 Å². The number of carbonyl (C=O) groups excluding carboxylic acids is 1. The lowest BCUT2D eigenvalue weighted by atomic mass is 9.97. The Kier molecular flexibility index (Phi) is 5.69. The van der Waals surface area contributed by atoms with Gasteiger partial charge in [0.25, 0.3) is 0 Å². The van der Waals surface area contributed by atoms with Gasteiger partial charge in [0, 0.05) is 12.5 Å². The van der Waals surface area contributed by atoms with Gasteiger partial charge in [0.05, 0.1) is 0 Å². The summed E-state index contributed by atoms with van der Waals surface area (Å²) >= 11 is 0. The number of hydrogen-bond donors (Lipinski definition) is 2. The Morgan fingerprint density at radius 3 is 2.73 bits per heavy atom. The smallest absolute Gasteiger partial charge is 0.223 e. The van der Waals surface area contributed by atoms with Crippen LogP contribution in [0.2, 0.25) is 0 Å². The maximum atomic E-state index is 11.8. The average molecular weight is 212 g/mol. The minimum absolute atomic E-state index is 0.275. The maximum Gasteiger partial charge on any atom is 0.223 e. The van der Waals surface area contributed by atoms with Crippen LogP contribution in [0.3, 0.4) is 0 Å².